The highest BCUT2D eigenvalue weighted by molar-refractivity contribution is 5.72. The van der Waals surface area contributed by atoms with E-state index in [2.05, 4.69) is 6.92 Å². The molecule has 7 nitrogen and oxygen atoms in total. The van der Waals surface area contributed by atoms with Gasteiger partial charge in [-0.1, -0.05) is 39.0 Å². The van der Waals surface area contributed by atoms with Crippen molar-refractivity contribution in [3.05, 3.63) is 0 Å². The number of hydrogen-bond donors (Lipinski definition) is 5. The Hall–Kier alpha value is -0.730. The maximum atomic E-state index is 10.8. The van der Waals surface area contributed by atoms with Gasteiger partial charge in [-0.05, 0) is 6.42 Å². The van der Waals surface area contributed by atoms with Crippen LogP contribution in [0.15, 0.2) is 0 Å². The van der Waals surface area contributed by atoms with E-state index >= 15 is 0 Å². The van der Waals surface area contributed by atoms with Crippen molar-refractivity contribution in [1.82, 2.24) is 0 Å². The Labute approximate surface area is 125 Å². The van der Waals surface area contributed by atoms with Gasteiger partial charge in [0.2, 0.25) is 0 Å². The number of aliphatic hydroxyl groups excluding tert-OH is 4. The van der Waals surface area contributed by atoms with E-state index in [1.165, 1.54) is 6.42 Å². The van der Waals surface area contributed by atoms with E-state index in [0.29, 0.717) is 6.42 Å². The van der Waals surface area contributed by atoms with Crippen LogP contribution in [0.5, 0.6) is 0 Å². The molecule has 0 aromatic heterocycles. The standard InChI is InChI=1S/C14H28O7/c1-2-3-4-5-6-7-8-21-13(12(18)14(19)20)11(17)10(16)9-15/h10-13,15-18H,2-9H2,1H3,(H,19,20)/t10-,11-,12-,13+/m1/s1. The molecule has 0 radical (unpaired) electrons. The van der Waals surface area contributed by atoms with Gasteiger partial charge in [0, 0.05) is 6.61 Å². The molecule has 21 heavy (non-hydrogen) atoms. The van der Waals surface area contributed by atoms with E-state index in [9.17, 15) is 20.1 Å². The molecule has 4 atom stereocenters. The normalized spacial score (nSPS) is 17.2. The molecule has 0 rings (SSSR count). The van der Waals surface area contributed by atoms with Crippen LogP contribution in [0.4, 0.5) is 0 Å². The van der Waals surface area contributed by atoms with Gasteiger partial charge in [0.05, 0.1) is 6.61 Å². The highest BCUT2D eigenvalue weighted by atomic mass is 16.5. The highest BCUT2D eigenvalue weighted by Gasteiger charge is 2.36. The fourth-order valence-electron chi connectivity index (χ4n) is 1.95. The Morgan fingerprint density at radius 1 is 1.05 bits per heavy atom. The molecule has 0 fully saturated rings. The van der Waals surface area contributed by atoms with E-state index in [1.54, 1.807) is 0 Å². The molecule has 0 spiro atoms. The largest absolute Gasteiger partial charge is 0.479 e. The van der Waals surface area contributed by atoms with Gasteiger partial charge in [0.15, 0.2) is 6.10 Å². The van der Waals surface area contributed by atoms with Gasteiger partial charge in [-0.2, -0.15) is 0 Å². The quantitative estimate of drug-likeness (QED) is 0.300. The first-order valence-electron chi connectivity index (χ1n) is 7.45. The zero-order valence-electron chi connectivity index (χ0n) is 12.5. The third-order valence-electron chi connectivity index (χ3n) is 3.29. The van der Waals surface area contributed by atoms with Crippen LogP contribution >= 0.6 is 0 Å². The van der Waals surface area contributed by atoms with Crippen LogP contribution in [0.2, 0.25) is 0 Å². The third kappa shape index (κ3) is 8.33. The average Bonchev–Trinajstić information content (AvgIpc) is 2.47. The molecule has 0 aliphatic rings. The summed E-state index contributed by atoms with van der Waals surface area (Å²) in [5.41, 5.74) is 0. The van der Waals surface area contributed by atoms with E-state index in [1.807, 2.05) is 0 Å². The molecule has 0 aromatic rings. The minimum atomic E-state index is -1.96. The number of hydrogen-bond acceptors (Lipinski definition) is 6. The predicted molar refractivity (Wildman–Crippen MR) is 75.9 cm³/mol. The summed E-state index contributed by atoms with van der Waals surface area (Å²) in [6, 6.07) is 0. The lowest BCUT2D eigenvalue weighted by molar-refractivity contribution is -0.173. The molecule has 0 aliphatic heterocycles. The molecule has 0 bridgehead atoms. The maximum Gasteiger partial charge on any atom is 0.335 e. The maximum absolute atomic E-state index is 10.8. The second-order valence-electron chi connectivity index (χ2n) is 5.13. The molecule has 0 unspecified atom stereocenters. The fourth-order valence-corrected chi connectivity index (χ4v) is 1.95. The van der Waals surface area contributed by atoms with Crippen LogP contribution in [0.3, 0.4) is 0 Å². The lowest BCUT2D eigenvalue weighted by atomic mass is 10.0. The monoisotopic (exact) mass is 308 g/mol. The van der Waals surface area contributed by atoms with Crippen molar-refractivity contribution in [1.29, 1.82) is 0 Å². The van der Waals surface area contributed by atoms with Crippen LogP contribution in [0.25, 0.3) is 0 Å². The van der Waals surface area contributed by atoms with E-state index < -0.39 is 37.0 Å². The van der Waals surface area contributed by atoms with Gasteiger partial charge in [0.1, 0.15) is 18.3 Å². The van der Waals surface area contributed by atoms with E-state index in [4.69, 9.17) is 14.9 Å². The summed E-state index contributed by atoms with van der Waals surface area (Å²) in [6.45, 7) is 1.55. The predicted octanol–water partition coefficient (Wildman–Crippen LogP) is -0.108. The average molecular weight is 308 g/mol. The van der Waals surface area contributed by atoms with Crippen molar-refractivity contribution in [3.63, 3.8) is 0 Å². The van der Waals surface area contributed by atoms with Crippen LogP contribution in [0, 0.1) is 0 Å². The number of carboxylic acids is 1. The van der Waals surface area contributed by atoms with Gasteiger partial charge < -0.3 is 30.3 Å². The van der Waals surface area contributed by atoms with Crippen LogP contribution in [-0.2, 0) is 9.53 Å². The second kappa shape index (κ2) is 11.9. The molecule has 5 N–H and O–H groups in total. The number of ether oxygens (including phenoxy) is 1. The lowest BCUT2D eigenvalue weighted by Gasteiger charge is -2.28. The van der Waals surface area contributed by atoms with Crippen molar-refractivity contribution in [2.75, 3.05) is 13.2 Å². The van der Waals surface area contributed by atoms with Gasteiger partial charge in [-0.15, -0.1) is 0 Å². The van der Waals surface area contributed by atoms with Crippen LogP contribution in [0.1, 0.15) is 45.4 Å². The van der Waals surface area contributed by atoms with Crippen molar-refractivity contribution in [2.45, 2.75) is 69.9 Å². The van der Waals surface area contributed by atoms with Crippen molar-refractivity contribution >= 4 is 5.97 Å². The van der Waals surface area contributed by atoms with Crippen LogP contribution in [-0.4, -0.2) is 69.1 Å². The first kappa shape index (κ1) is 20.3. The second-order valence-corrected chi connectivity index (χ2v) is 5.13. The number of aliphatic carboxylic acids is 1. The molecule has 0 aliphatic carbocycles. The molecule has 0 heterocycles. The van der Waals surface area contributed by atoms with Gasteiger partial charge in [-0.3, -0.25) is 0 Å². The number of unbranched alkanes of at least 4 members (excludes halogenated alkanes) is 5. The van der Waals surface area contributed by atoms with Crippen LogP contribution < -0.4 is 0 Å². The highest BCUT2D eigenvalue weighted by Crippen LogP contribution is 2.12. The summed E-state index contributed by atoms with van der Waals surface area (Å²) < 4.78 is 5.20. The Morgan fingerprint density at radius 2 is 1.62 bits per heavy atom. The number of carbonyl (C=O) groups is 1. The van der Waals surface area contributed by atoms with Gasteiger partial charge in [-0.25, -0.2) is 4.79 Å². The summed E-state index contributed by atoms with van der Waals surface area (Å²) in [4.78, 5) is 10.8. The van der Waals surface area contributed by atoms with Gasteiger partial charge in [0.25, 0.3) is 0 Å². The molecular formula is C14H28O7. The summed E-state index contributed by atoms with van der Waals surface area (Å²) in [5.74, 6) is -1.55. The Balaban J connectivity index is 4.20. The molecule has 126 valence electrons. The molecule has 0 saturated heterocycles. The number of rotatable bonds is 13. The van der Waals surface area contributed by atoms with E-state index in [-0.39, 0.29) is 6.61 Å². The van der Waals surface area contributed by atoms with Crippen molar-refractivity contribution < 1.29 is 35.1 Å². The van der Waals surface area contributed by atoms with Gasteiger partial charge >= 0.3 is 5.97 Å². The van der Waals surface area contributed by atoms with Crippen molar-refractivity contribution in [2.24, 2.45) is 0 Å². The molecular weight excluding hydrogens is 280 g/mol. The fraction of sp³-hybridized carbons (Fsp3) is 0.929. The smallest absolute Gasteiger partial charge is 0.335 e. The molecule has 0 amide bonds. The Kier molecular flexibility index (Phi) is 11.5. The number of carboxylic acid groups (broad SMARTS) is 1. The Bertz CT molecular complexity index is 272. The summed E-state index contributed by atoms with van der Waals surface area (Å²) >= 11 is 0. The summed E-state index contributed by atoms with van der Waals surface area (Å²) in [7, 11) is 0. The zero-order valence-corrected chi connectivity index (χ0v) is 12.5. The minimum absolute atomic E-state index is 0.177. The number of aliphatic hydroxyl groups is 4. The minimum Gasteiger partial charge on any atom is -0.479 e. The first-order valence-corrected chi connectivity index (χ1v) is 7.45. The third-order valence-corrected chi connectivity index (χ3v) is 3.29. The molecule has 7 heteroatoms. The zero-order chi connectivity index (χ0) is 16.3. The molecule has 0 saturated carbocycles. The summed E-state index contributed by atoms with van der Waals surface area (Å²) in [5, 5.41) is 46.1. The van der Waals surface area contributed by atoms with E-state index in [0.717, 1.165) is 25.7 Å². The Morgan fingerprint density at radius 3 is 2.14 bits per heavy atom. The first-order chi connectivity index (χ1) is 9.95. The topological polar surface area (TPSA) is 127 Å². The lowest BCUT2D eigenvalue weighted by Crippen LogP contribution is -2.50. The SMILES string of the molecule is CCCCCCCCO[C@@H]([C@H](O)[C@H](O)CO)[C@@H](O)C(=O)O. The molecule has 0 aromatic carbocycles. The summed E-state index contributed by atoms with van der Waals surface area (Å²) in [6.07, 6.45) is -0.578. The van der Waals surface area contributed by atoms with Crippen molar-refractivity contribution in [3.8, 4) is 0 Å².